The minimum absolute atomic E-state index is 0.104. The third-order valence-corrected chi connectivity index (χ3v) is 6.75. The SMILES string of the molecule is CCCOc1ccc(CN2C(=O)CC3(CCN(C)CC3)N2Cc2ccc(Cl)cc2)cc1. The van der Waals surface area contributed by atoms with Crippen LogP contribution in [0.15, 0.2) is 48.5 Å². The first-order valence-corrected chi connectivity index (χ1v) is 11.6. The molecule has 5 nitrogen and oxygen atoms in total. The van der Waals surface area contributed by atoms with Gasteiger partial charge < -0.3 is 9.64 Å². The highest BCUT2D eigenvalue weighted by Crippen LogP contribution is 2.41. The molecule has 0 aromatic heterocycles. The molecule has 2 aliphatic rings. The van der Waals surface area contributed by atoms with Gasteiger partial charge in [-0.1, -0.05) is 42.8 Å². The molecule has 0 saturated carbocycles. The van der Waals surface area contributed by atoms with Crippen molar-refractivity contribution in [2.75, 3.05) is 26.7 Å². The lowest BCUT2D eigenvalue weighted by molar-refractivity contribution is -0.145. The Morgan fingerprint density at radius 2 is 1.58 bits per heavy atom. The molecule has 2 fully saturated rings. The summed E-state index contributed by atoms with van der Waals surface area (Å²) in [5, 5.41) is 5.05. The van der Waals surface area contributed by atoms with E-state index in [1.165, 1.54) is 5.56 Å². The minimum atomic E-state index is -0.104. The summed E-state index contributed by atoms with van der Waals surface area (Å²) in [6.07, 6.45) is 3.58. The summed E-state index contributed by atoms with van der Waals surface area (Å²) in [6.45, 7) is 6.14. The van der Waals surface area contributed by atoms with Crippen molar-refractivity contribution in [2.24, 2.45) is 0 Å². The summed E-state index contributed by atoms with van der Waals surface area (Å²) in [4.78, 5) is 15.6. The number of ether oxygens (including phenoxy) is 1. The molecule has 0 radical (unpaired) electrons. The van der Waals surface area contributed by atoms with E-state index in [1.54, 1.807) is 0 Å². The maximum Gasteiger partial charge on any atom is 0.239 e. The van der Waals surface area contributed by atoms with Crippen LogP contribution >= 0.6 is 11.6 Å². The molecule has 2 saturated heterocycles. The fraction of sp³-hybridized carbons (Fsp3) is 0.480. The predicted octanol–water partition coefficient (Wildman–Crippen LogP) is 4.74. The first-order valence-electron chi connectivity index (χ1n) is 11.2. The molecule has 0 N–H and O–H groups in total. The molecular formula is C25H32ClN3O2. The molecule has 4 rings (SSSR count). The molecule has 0 aliphatic carbocycles. The number of hydrogen-bond acceptors (Lipinski definition) is 4. The van der Waals surface area contributed by atoms with Crippen LogP contribution in [0.3, 0.4) is 0 Å². The number of halogens is 1. The smallest absolute Gasteiger partial charge is 0.239 e. The summed E-state index contributed by atoms with van der Waals surface area (Å²) >= 11 is 6.10. The van der Waals surface area contributed by atoms with Crippen molar-refractivity contribution in [3.63, 3.8) is 0 Å². The first kappa shape index (κ1) is 22.1. The van der Waals surface area contributed by atoms with Crippen LogP contribution in [-0.2, 0) is 17.9 Å². The topological polar surface area (TPSA) is 36.0 Å². The molecule has 1 spiro atoms. The highest BCUT2D eigenvalue weighted by atomic mass is 35.5. The van der Waals surface area contributed by atoms with Crippen molar-refractivity contribution in [1.82, 2.24) is 14.9 Å². The van der Waals surface area contributed by atoms with Gasteiger partial charge in [0, 0.05) is 18.0 Å². The molecule has 0 bridgehead atoms. The highest BCUT2D eigenvalue weighted by Gasteiger charge is 2.50. The summed E-state index contributed by atoms with van der Waals surface area (Å²) < 4.78 is 5.70. The fourth-order valence-electron chi connectivity index (χ4n) is 4.60. The number of hydrogen-bond donors (Lipinski definition) is 0. The Bertz CT molecular complexity index is 877. The van der Waals surface area contributed by atoms with Crippen LogP contribution < -0.4 is 4.74 Å². The van der Waals surface area contributed by atoms with E-state index in [0.29, 0.717) is 19.5 Å². The summed E-state index contributed by atoms with van der Waals surface area (Å²) in [5.41, 5.74) is 2.18. The number of piperidine rings is 1. The van der Waals surface area contributed by atoms with E-state index in [4.69, 9.17) is 16.3 Å². The summed E-state index contributed by atoms with van der Waals surface area (Å²) in [7, 11) is 2.16. The van der Waals surface area contributed by atoms with Crippen molar-refractivity contribution in [1.29, 1.82) is 0 Å². The quantitative estimate of drug-likeness (QED) is 0.621. The van der Waals surface area contributed by atoms with E-state index in [9.17, 15) is 4.79 Å². The number of carbonyl (C=O) groups excluding carboxylic acids is 1. The van der Waals surface area contributed by atoms with E-state index in [-0.39, 0.29) is 11.4 Å². The molecule has 0 atom stereocenters. The molecule has 0 unspecified atom stereocenters. The monoisotopic (exact) mass is 441 g/mol. The average Bonchev–Trinajstić information content (AvgIpc) is 3.02. The Kier molecular flexibility index (Phi) is 6.85. The second kappa shape index (κ2) is 9.60. The number of carbonyl (C=O) groups is 1. The zero-order valence-electron chi connectivity index (χ0n) is 18.5. The lowest BCUT2D eigenvalue weighted by Crippen LogP contribution is -2.54. The van der Waals surface area contributed by atoms with Gasteiger partial charge in [-0.05, 0) is 74.8 Å². The highest BCUT2D eigenvalue weighted by molar-refractivity contribution is 6.30. The standard InChI is InChI=1S/C25H32ClN3O2/c1-3-16-31-23-10-6-20(7-11-23)18-28-24(30)17-25(12-14-27(2)15-13-25)29(28)19-21-4-8-22(26)9-5-21/h4-11H,3,12-19H2,1-2H3. The summed E-state index contributed by atoms with van der Waals surface area (Å²) in [6, 6.07) is 16.1. The normalized spacial score (nSPS) is 19.3. The van der Waals surface area contributed by atoms with Crippen molar-refractivity contribution >= 4 is 17.5 Å². The van der Waals surface area contributed by atoms with E-state index < -0.39 is 0 Å². The molecule has 6 heteroatoms. The van der Waals surface area contributed by atoms with Crippen LogP contribution in [0.4, 0.5) is 0 Å². The Labute approximate surface area is 190 Å². The minimum Gasteiger partial charge on any atom is -0.494 e. The van der Waals surface area contributed by atoms with Gasteiger partial charge in [0.05, 0.1) is 18.7 Å². The lowest BCUT2D eigenvalue weighted by atomic mass is 9.84. The number of likely N-dealkylation sites (tertiary alicyclic amines) is 1. The molecular weight excluding hydrogens is 410 g/mol. The van der Waals surface area contributed by atoms with Gasteiger partial charge in [0.1, 0.15) is 5.75 Å². The van der Waals surface area contributed by atoms with E-state index in [1.807, 2.05) is 29.3 Å². The number of amides is 1. The van der Waals surface area contributed by atoms with Crippen LogP contribution in [0.25, 0.3) is 0 Å². The maximum atomic E-state index is 13.2. The van der Waals surface area contributed by atoms with E-state index in [0.717, 1.165) is 55.3 Å². The second-order valence-electron chi connectivity index (χ2n) is 8.83. The van der Waals surface area contributed by atoms with Gasteiger partial charge in [0.25, 0.3) is 0 Å². The molecule has 2 aliphatic heterocycles. The largest absolute Gasteiger partial charge is 0.494 e. The van der Waals surface area contributed by atoms with Gasteiger partial charge in [-0.25, -0.2) is 5.01 Å². The number of hydrazine groups is 1. The number of rotatable bonds is 7. The zero-order valence-corrected chi connectivity index (χ0v) is 19.3. The Morgan fingerprint density at radius 3 is 2.23 bits per heavy atom. The third kappa shape index (κ3) is 5.05. The van der Waals surface area contributed by atoms with Crippen molar-refractivity contribution < 1.29 is 9.53 Å². The summed E-state index contributed by atoms with van der Waals surface area (Å²) in [5.74, 6) is 1.09. The molecule has 2 heterocycles. The van der Waals surface area contributed by atoms with Gasteiger partial charge >= 0.3 is 0 Å². The number of benzene rings is 2. The van der Waals surface area contributed by atoms with Crippen LogP contribution in [-0.4, -0.2) is 53.1 Å². The molecule has 31 heavy (non-hydrogen) atoms. The van der Waals surface area contributed by atoms with Gasteiger partial charge in [0.2, 0.25) is 5.91 Å². The van der Waals surface area contributed by atoms with Gasteiger partial charge in [-0.3, -0.25) is 9.80 Å². The molecule has 166 valence electrons. The maximum absolute atomic E-state index is 13.2. The van der Waals surface area contributed by atoms with Crippen molar-refractivity contribution in [2.45, 2.75) is 51.2 Å². The number of nitrogens with zero attached hydrogens (tertiary/aromatic N) is 3. The van der Waals surface area contributed by atoms with Crippen molar-refractivity contribution in [3.8, 4) is 5.75 Å². The van der Waals surface area contributed by atoms with Crippen LogP contribution in [0.2, 0.25) is 5.02 Å². The lowest BCUT2D eigenvalue weighted by Gasteiger charge is -2.45. The van der Waals surface area contributed by atoms with Crippen LogP contribution in [0, 0.1) is 0 Å². The molecule has 1 amide bonds. The fourth-order valence-corrected chi connectivity index (χ4v) is 4.72. The second-order valence-corrected chi connectivity index (χ2v) is 9.27. The first-order chi connectivity index (χ1) is 15.0. The average molecular weight is 442 g/mol. The van der Waals surface area contributed by atoms with Gasteiger partial charge in [-0.2, -0.15) is 0 Å². The zero-order chi connectivity index (χ0) is 21.8. The van der Waals surface area contributed by atoms with Crippen LogP contribution in [0.5, 0.6) is 5.75 Å². The third-order valence-electron chi connectivity index (χ3n) is 6.50. The van der Waals surface area contributed by atoms with Crippen molar-refractivity contribution in [3.05, 3.63) is 64.7 Å². The van der Waals surface area contributed by atoms with E-state index >= 15 is 0 Å². The molecule has 2 aromatic carbocycles. The Morgan fingerprint density at radius 1 is 0.968 bits per heavy atom. The Hall–Kier alpha value is -2.08. The molecule has 2 aromatic rings. The van der Waals surface area contributed by atoms with Gasteiger partial charge in [-0.15, -0.1) is 0 Å². The van der Waals surface area contributed by atoms with Gasteiger partial charge in [0.15, 0.2) is 0 Å². The van der Waals surface area contributed by atoms with E-state index in [2.05, 4.69) is 48.1 Å². The predicted molar refractivity (Wildman–Crippen MR) is 124 cm³/mol. The Balaban J connectivity index is 1.56. The van der Waals surface area contributed by atoms with Crippen LogP contribution in [0.1, 0.15) is 43.7 Å².